The quantitative estimate of drug-likeness (QED) is 0.734. The molecule has 0 bridgehead atoms. The van der Waals surface area contributed by atoms with E-state index in [9.17, 15) is 9.59 Å². The van der Waals surface area contributed by atoms with Crippen molar-refractivity contribution in [3.05, 3.63) is 7.05 Å². The standard InChI is InChI=1S/C11H20N3O3/c1-3-17-11(16)14-6-4-9(5-7-14)13-8-10(15)12-2/h9,13H,2-8H2,1H3,(H,12,15). The lowest BCUT2D eigenvalue weighted by molar-refractivity contribution is -0.119. The van der Waals surface area contributed by atoms with Crippen molar-refractivity contribution in [2.24, 2.45) is 0 Å². The second-order valence-electron chi connectivity index (χ2n) is 3.94. The van der Waals surface area contributed by atoms with Gasteiger partial charge in [-0.1, -0.05) is 0 Å². The largest absolute Gasteiger partial charge is 0.450 e. The van der Waals surface area contributed by atoms with Crippen molar-refractivity contribution in [3.63, 3.8) is 0 Å². The van der Waals surface area contributed by atoms with Crippen molar-refractivity contribution in [2.45, 2.75) is 25.8 Å². The second kappa shape index (κ2) is 7.11. The van der Waals surface area contributed by atoms with E-state index in [-0.39, 0.29) is 24.6 Å². The number of hydrogen-bond donors (Lipinski definition) is 2. The molecule has 17 heavy (non-hydrogen) atoms. The summed E-state index contributed by atoms with van der Waals surface area (Å²) in [5.74, 6) is -0.127. The van der Waals surface area contributed by atoms with Crippen LogP contribution in [0.15, 0.2) is 0 Å². The van der Waals surface area contributed by atoms with Crippen molar-refractivity contribution in [1.29, 1.82) is 0 Å². The number of carbonyl (C=O) groups excluding carboxylic acids is 2. The second-order valence-corrected chi connectivity index (χ2v) is 3.94. The van der Waals surface area contributed by atoms with Gasteiger partial charge < -0.3 is 20.3 Å². The molecule has 1 rings (SSSR count). The van der Waals surface area contributed by atoms with E-state index in [0.29, 0.717) is 19.7 Å². The van der Waals surface area contributed by atoms with E-state index in [1.165, 1.54) is 0 Å². The van der Waals surface area contributed by atoms with E-state index >= 15 is 0 Å². The predicted octanol–water partition coefficient (Wildman–Crippen LogP) is 0.105. The van der Waals surface area contributed by atoms with Crippen molar-refractivity contribution < 1.29 is 14.3 Å². The van der Waals surface area contributed by atoms with Crippen LogP contribution in [0.2, 0.25) is 0 Å². The average Bonchev–Trinajstić information content (AvgIpc) is 2.36. The summed E-state index contributed by atoms with van der Waals surface area (Å²) in [7, 11) is 3.30. The number of amides is 2. The molecule has 1 aliphatic rings. The van der Waals surface area contributed by atoms with Crippen LogP contribution in [0.3, 0.4) is 0 Å². The minimum absolute atomic E-state index is 0.127. The molecule has 6 heteroatoms. The smallest absolute Gasteiger partial charge is 0.409 e. The number of ether oxygens (including phenoxy) is 1. The molecule has 0 aliphatic carbocycles. The molecule has 0 unspecified atom stereocenters. The molecule has 2 amide bonds. The van der Waals surface area contributed by atoms with E-state index in [0.717, 1.165) is 12.8 Å². The van der Waals surface area contributed by atoms with Gasteiger partial charge in [0.25, 0.3) is 0 Å². The van der Waals surface area contributed by atoms with Crippen molar-refractivity contribution in [2.75, 3.05) is 26.2 Å². The molecule has 1 aliphatic heterocycles. The molecule has 0 aromatic rings. The Bertz CT molecular complexity index is 263. The van der Waals surface area contributed by atoms with E-state index in [4.69, 9.17) is 4.74 Å². The summed E-state index contributed by atoms with van der Waals surface area (Å²) in [6.07, 6.45) is 1.42. The monoisotopic (exact) mass is 242 g/mol. The first-order valence-corrected chi connectivity index (χ1v) is 5.88. The van der Waals surface area contributed by atoms with Gasteiger partial charge in [0, 0.05) is 26.2 Å². The molecule has 0 atom stereocenters. The lowest BCUT2D eigenvalue weighted by Gasteiger charge is -2.31. The Morgan fingerprint density at radius 1 is 1.41 bits per heavy atom. The Hall–Kier alpha value is -1.30. The molecule has 6 nitrogen and oxygen atoms in total. The average molecular weight is 242 g/mol. The number of rotatable bonds is 4. The summed E-state index contributed by atoms with van der Waals surface area (Å²) < 4.78 is 4.93. The number of nitrogens with one attached hydrogen (secondary N) is 2. The topological polar surface area (TPSA) is 70.7 Å². The van der Waals surface area contributed by atoms with Crippen LogP contribution in [0.25, 0.3) is 0 Å². The van der Waals surface area contributed by atoms with E-state index in [2.05, 4.69) is 17.7 Å². The summed E-state index contributed by atoms with van der Waals surface area (Å²) in [4.78, 5) is 24.1. The SMILES string of the molecule is [CH2]NC(=O)CNC1CCN(C(=O)OCC)CC1. The zero-order chi connectivity index (χ0) is 12.7. The van der Waals surface area contributed by atoms with Crippen LogP contribution in [0.1, 0.15) is 19.8 Å². The third-order valence-electron chi connectivity index (χ3n) is 2.77. The Kier molecular flexibility index (Phi) is 5.76. The molecule has 2 N–H and O–H groups in total. The number of likely N-dealkylation sites (tertiary alicyclic amines) is 1. The minimum atomic E-state index is -0.249. The van der Waals surface area contributed by atoms with Crippen LogP contribution < -0.4 is 10.6 Å². The molecular weight excluding hydrogens is 222 g/mol. The molecule has 1 radical (unpaired) electrons. The highest BCUT2D eigenvalue weighted by Gasteiger charge is 2.23. The van der Waals surface area contributed by atoms with Gasteiger partial charge in [-0.3, -0.25) is 4.79 Å². The van der Waals surface area contributed by atoms with Crippen molar-refractivity contribution in [3.8, 4) is 0 Å². The van der Waals surface area contributed by atoms with Crippen LogP contribution in [0.5, 0.6) is 0 Å². The van der Waals surface area contributed by atoms with Crippen LogP contribution in [-0.4, -0.2) is 49.2 Å². The van der Waals surface area contributed by atoms with E-state index in [1.54, 1.807) is 11.8 Å². The fourth-order valence-electron chi connectivity index (χ4n) is 1.78. The zero-order valence-electron chi connectivity index (χ0n) is 10.2. The molecule has 97 valence electrons. The van der Waals surface area contributed by atoms with Gasteiger partial charge in [0.05, 0.1) is 13.2 Å². The lowest BCUT2D eigenvalue weighted by atomic mass is 10.1. The molecule has 0 aromatic carbocycles. The molecule has 0 spiro atoms. The summed E-state index contributed by atoms with van der Waals surface area (Å²) in [6, 6.07) is 0.276. The lowest BCUT2D eigenvalue weighted by Crippen LogP contribution is -2.47. The Morgan fingerprint density at radius 3 is 2.59 bits per heavy atom. The van der Waals surface area contributed by atoms with Crippen LogP contribution in [0, 0.1) is 7.05 Å². The molecule has 1 fully saturated rings. The highest BCUT2D eigenvalue weighted by Crippen LogP contribution is 2.11. The third kappa shape index (κ3) is 4.60. The van der Waals surface area contributed by atoms with Crippen LogP contribution in [-0.2, 0) is 9.53 Å². The van der Waals surface area contributed by atoms with Gasteiger partial charge in [-0.15, -0.1) is 0 Å². The Balaban J connectivity index is 2.21. The Labute approximate surface area is 102 Å². The normalized spacial score (nSPS) is 16.7. The fourth-order valence-corrected chi connectivity index (χ4v) is 1.78. The highest BCUT2D eigenvalue weighted by atomic mass is 16.6. The van der Waals surface area contributed by atoms with Gasteiger partial charge in [0.1, 0.15) is 0 Å². The first-order valence-electron chi connectivity index (χ1n) is 5.88. The molecule has 1 saturated heterocycles. The number of carbonyl (C=O) groups is 2. The molecule has 0 aromatic heterocycles. The summed E-state index contributed by atoms with van der Waals surface area (Å²) >= 11 is 0. The summed E-state index contributed by atoms with van der Waals surface area (Å²) in [5.41, 5.74) is 0. The van der Waals surface area contributed by atoms with Gasteiger partial charge >= 0.3 is 6.09 Å². The van der Waals surface area contributed by atoms with Crippen LogP contribution in [0.4, 0.5) is 4.79 Å². The zero-order valence-corrected chi connectivity index (χ0v) is 10.2. The van der Waals surface area contributed by atoms with Gasteiger partial charge in [-0.25, -0.2) is 4.79 Å². The number of nitrogens with zero attached hydrogens (tertiary/aromatic N) is 1. The maximum absolute atomic E-state index is 11.4. The van der Waals surface area contributed by atoms with Crippen molar-refractivity contribution >= 4 is 12.0 Å². The highest BCUT2D eigenvalue weighted by molar-refractivity contribution is 5.78. The molecular formula is C11H20N3O3. The molecule has 1 heterocycles. The molecule has 0 saturated carbocycles. The van der Waals surface area contributed by atoms with Gasteiger partial charge in [0.2, 0.25) is 5.91 Å². The maximum Gasteiger partial charge on any atom is 0.409 e. The number of hydrogen-bond acceptors (Lipinski definition) is 4. The summed E-state index contributed by atoms with van der Waals surface area (Å²) in [6.45, 7) is 3.81. The van der Waals surface area contributed by atoms with Gasteiger partial charge in [0.15, 0.2) is 0 Å². The minimum Gasteiger partial charge on any atom is -0.450 e. The van der Waals surface area contributed by atoms with Gasteiger partial charge in [-0.2, -0.15) is 0 Å². The fraction of sp³-hybridized carbons (Fsp3) is 0.727. The third-order valence-corrected chi connectivity index (χ3v) is 2.77. The van der Waals surface area contributed by atoms with Crippen molar-refractivity contribution in [1.82, 2.24) is 15.5 Å². The van der Waals surface area contributed by atoms with Gasteiger partial charge in [-0.05, 0) is 19.8 Å². The Morgan fingerprint density at radius 2 is 2.06 bits per heavy atom. The van der Waals surface area contributed by atoms with Crippen LogP contribution >= 0.6 is 0 Å². The maximum atomic E-state index is 11.4. The predicted molar refractivity (Wildman–Crippen MR) is 63.1 cm³/mol. The first kappa shape index (κ1) is 13.8. The first-order chi connectivity index (χ1) is 8.17. The number of piperidine rings is 1. The summed E-state index contributed by atoms with van der Waals surface area (Å²) in [5, 5.41) is 5.45. The van der Waals surface area contributed by atoms with E-state index < -0.39 is 0 Å². The van der Waals surface area contributed by atoms with E-state index in [1.807, 2.05) is 0 Å².